The molecule has 1 aromatic carbocycles. The van der Waals surface area contributed by atoms with Crippen molar-refractivity contribution in [1.29, 1.82) is 0 Å². The predicted octanol–water partition coefficient (Wildman–Crippen LogP) is 3.73. The molecule has 3 rings (SSSR count). The average molecular weight is 316 g/mol. The molecule has 0 unspecified atom stereocenters. The third-order valence-corrected chi connectivity index (χ3v) is 4.30. The number of rotatable bonds is 5. The highest BCUT2D eigenvalue weighted by atomic mass is 19.1. The van der Waals surface area contributed by atoms with Gasteiger partial charge in [0, 0.05) is 23.9 Å². The van der Waals surface area contributed by atoms with Crippen molar-refractivity contribution in [3.05, 3.63) is 65.5 Å². The predicted molar refractivity (Wildman–Crippen MR) is 82.6 cm³/mol. The number of nitrogens with one attached hydrogen (secondary N) is 1. The van der Waals surface area contributed by atoms with Gasteiger partial charge in [0.15, 0.2) is 0 Å². The summed E-state index contributed by atoms with van der Waals surface area (Å²) in [5.41, 5.74) is 1.23. The zero-order valence-corrected chi connectivity index (χ0v) is 12.8. The highest BCUT2D eigenvalue weighted by molar-refractivity contribution is 5.83. The van der Waals surface area contributed by atoms with Crippen molar-refractivity contribution < 1.29 is 13.6 Å². The van der Waals surface area contributed by atoms with Crippen LogP contribution in [-0.2, 0) is 4.79 Å². The SMILES string of the molecule is CC[C@H](NC(=O)[C@@H]1C[C@@H]1c1cccnc1)c1cc(F)ccc1F. The van der Waals surface area contributed by atoms with Crippen molar-refractivity contribution in [2.24, 2.45) is 5.92 Å². The lowest BCUT2D eigenvalue weighted by atomic mass is 10.0. The Morgan fingerprint density at radius 3 is 2.91 bits per heavy atom. The lowest BCUT2D eigenvalue weighted by Gasteiger charge is -2.18. The molecule has 1 aromatic heterocycles. The van der Waals surface area contributed by atoms with Gasteiger partial charge in [-0.15, -0.1) is 0 Å². The minimum atomic E-state index is -0.520. The van der Waals surface area contributed by atoms with Crippen molar-refractivity contribution in [2.45, 2.75) is 31.7 Å². The van der Waals surface area contributed by atoms with E-state index >= 15 is 0 Å². The Morgan fingerprint density at radius 1 is 1.39 bits per heavy atom. The number of hydrogen-bond donors (Lipinski definition) is 1. The summed E-state index contributed by atoms with van der Waals surface area (Å²) in [6.45, 7) is 1.83. The average Bonchev–Trinajstić information content (AvgIpc) is 3.36. The van der Waals surface area contributed by atoms with Crippen molar-refractivity contribution in [2.75, 3.05) is 0 Å². The molecule has 23 heavy (non-hydrogen) atoms. The molecular weight excluding hydrogens is 298 g/mol. The van der Waals surface area contributed by atoms with E-state index in [9.17, 15) is 13.6 Å². The molecule has 1 aliphatic rings. The molecule has 0 radical (unpaired) electrons. The van der Waals surface area contributed by atoms with Crippen LogP contribution in [0.1, 0.15) is 42.9 Å². The largest absolute Gasteiger partial charge is 0.349 e. The zero-order chi connectivity index (χ0) is 16.4. The number of pyridine rings is 1. The van der Waals surface area contributed by atoms with Crippen molar-refractivity contribution >= 4 is 5.91 Å². The van der Waals surface area contributed by atoms with Crippen LogP contribution in [0.25, 0.3) is 0 Å². The Kier molecular flexibility index (Phi) is 4.37. The van der Waals surface area contributed by atoms with E-state index in [4.69, 9.17) is 0 Å². The van der Waals surface area contributed by atoms with Crippen LogP contribution in [0.4, 0.5) is 8.78 Å². The maximum atomic E-state index is 13.9. The molecule has 2 aromatic rings. The zero-order valence-electron chi connectivity index (χ0n) is 12.8. The van der Waals surface area contributed by atoms with Gasteiger partial charge in [0.05, 0.1) is 6.04 Å². The molecule has 1 saturated carbocycles. The number of aromatic nitrogens is 1. The number of halogens is 2. The Hall–Kier alpha value is -2.30. The van der Waals surface area contributed by atoms with Gasteiger partial charge in [0.2, 0.25) is 5.91 Å². The first-order valence-corrected chi connectivity index (χ1v) is 7.75. The molecule has 3 atom stereocenters. The number of nitrogens with zero attached hydrogens (tertiary/aromatic N) is 1. The number of carbonyl (C=O) groups is 1. The maximum Gasteiger partial charge on any atom is 0.224 e. The second kappa shape index (κ2) is 6.44. The van der Waals surface area contributed by atoms with E-state index in [1.807, 2.05) is 19.1 Å². The molecule has 1 amide bonds. The lowest BCUT2D eigenvalue weighted by molar-refractivity contribution is -0.123. The minimum absolute atomic E-state index is 0.116. The van der Waals surface area contributed by atoms with Crippen LogP contribution in [0, 0.1) is 17.6 Å². The number of benzene rings is 1. The first kappa shape index (κ1) is 15.6. The smallest absolute Gasteiger partial charge is 0.224 e. The van der Waals surface area contributed by atoms with Gasteiger partial charge >= 0.3 is 0 Å². The minimum Gasteiger partial charge on any atom is -0.349 e. The molecule has 0 saturated heterocycles. The van der Waals surface area contributed by atoms with Gasteiger partial charge in [-0.3, -0.25) is 9.78 Å². The Morgan fingerprint density at radius 2 is 2.22 bits per heavy atom. The van der Waals surface area contributed by atoms with E-state index in [2.05, 4.69) is 10.3 Å². The Bertz CT molecular complexity index is 705. The molecule has 0 bridgehead atoms. The second-order valence-corrected chi connectivity index (χ2v) is 5.87. The van der Waals surface area contributed by atoms with Crippen molar-refractivity contribution in [3.63, 3.8) is 0 Å². The molecule has 3 nitrogen and oxygen atoms in total. The first-order valence-electron chi connectivity index (χ1n) is 7.75. The molecule has 1 N–H and O–H groups in total. The number of carbonyl (C=O) groups excluding carboxylic acids is 1. The lowest BCUT2D eigenvalue weighted by Crippen LogP contribution is -2.30. The fourth-order valence-corrected chi connectivity index (χ4v) is 2.91. The van der Waals surface area contributed by atoms with Crippen molar-refractivity contribution in [1.82, 2.24) is 10.3 Å². The van der Waals surface area contributed by atoms with Gasteiger partial charge in [0.25, 0.3) is 0 Å². The summed E-state index contributed by atoms with van der Waals surface area (Å²) in [4.78, 5) is 16.4. The highest BCUT2D eigenvalue weighted by Gasteiger charge is 2.44. The van der Waals surface area contributed by atoms with Crippen LogP contribution in [-0.4, -0.2) is 10.9 Å². The van der Waals surface area contributed by atoms with E-state index in [0.29, 0.717) is 6.42 Å². The van der Waals surface area contributed by atoms with Crippen molar-refractivity contribution in [3.8, 4) is 0 Å². The summed E-state index contributed by atoms with van der Waals surface area (Å²) >= 11 is 0. The van der Waals surface area contributed by atoms with Crippen LogP contribution in [0.15, 0.2) is 42.7 Å². The van der Waals surface area contributed by atoms with Crippen LogP contribution < -0.4 is 5.32 Å². The molecule has 0 aliphatic heterocycles. The second-order valence-electron chi connectivity index (χ2n) is 5.87. The Balaban J connectivity index is 1.68. The molecule has 1 fully saturated rings. The van der Waals surface area contributed by atoms with Gasteiger partial charge in [-0.2, -0.15) is 0 Å². The summed E-state index contributed by atoms with van der Waals surface area (Å²) in [7, 11) is 0. The van der Waals surface area contributed by atoms with E-state index < -0.39 is 17.7 Å². The Labute approximate surface area is 133 Å². The van der Waals surface area contributed by atoms with E-state index in [1.165, 1.54) is 0 Å². The quantitative estimate of drug-likeness (QED) is 0.913. The van der Waals surface area contributed by atoms with E-state index in [1.54, 1.807) is 12.4 Å². The van der Waals surface area contributed by atoms with Gasteiger partial charge in [-0.25, -0.2) is 8.78 Å². The maximum absolute atomic E-state index is 13.9. The van der Waals surface area contributed by atoms with Crippen LogP contribution in [0.3, 0.4) is 0 Å². The van der Waals surface area contributed by atoms with Gasteiger partial charge in [-0.05, 0) is 48.6 Å². The normalized spacial score (nSPS) is 20.8. The summed E-state index contributed by atoms with van der Waals surface area (Å²) in [6, 6.07) is 6.60. The third kappa shape index (κ3) is 3.38. The molecule has 120 valence electrons. The molecular formula is C18H18F2N2O. The monoisotopic (exact) mass is 316 g/mol. The molecule has 1 aliphatic carbocycles. The highest BCUT2D eigenvalue weighted by Crippen LogP contribution is 2.47. The molecule has 5 heteroatoms. The number of amides is 1. The first-order chi connectivity index (χ1) is 11.1. The summed E-state index contributed by atoms with van der Waals surface area (Å²) in [5, 5.41) is 2.85. The summed E-state index contributed by atoms with van der Waals surface area (Å²) in [5.74, 6) is -1.08. The topological polar surface area (TPSA) is 42.0 Å². The standard InChI is InChI=1S/C18H18F2N2O/c1-2-17(15-8-12(19)5-6-16(15)20)22-18(23)14-9-13(14)11-4-3-7-21-10-11/h3-8,10,13-14,17H,2,9H2,1H3,(H,22,23)/t13-,14-,17+/m1/s1. The van der Waals surface area contributed by atoms with Gasteiger partial charge in [0.1, 0.15) is 11.6 Å². The molecule has 0 spiro atoms. The van der Waals surface area contributed by atoms with E-state index in [-0.39, 0.29) is 23.3 Å². The van der Waals surface area contributed by atoms with Crippen LogP contribution >= 0.6 is 0 Å². The number of hydrogen-bond acceptors (Lipinski definition) is 2. The van der Waals surface area contributed by atoms with Crippen LogP contribution in [0.5, 0.6) is 0 Å². The third-order valence-electron chi connectivity index (χ3n) is 4.30. The summed E-state index contributed by atoms with van der Waals surface area (Å²) < 4.78 is 27.2. The fraction of sp³-hybridized carbons (Fsp3) is 0.333. The fourth-order valence-electron chi connectivity index (χ4n) is 2.91. The van der Waals surface area contributed by atoms with E-state index in [0.717, 1.165) is 30.2 Å². The summed E-state index contributed by atoms with van der Waals surface area (Å²) in [6.07, 6.45) is 4.72. The molecule has 1 heterocycles. The van der Waals surface area contributed by atoms with Crippen LogP contribution in [0.2, 0.25) is 0 Å². The van der Waals surface area contributed by atoms with Gasteiger partial charge in [-0.1, -0.05) is 13.0 Å². The van der Waals surface area contributed by atoms with Gasteiger partial charge < -0.3 is 5.32 Å².